The number of carbonyl (C=O) groups excluding carboxylic acids is 1. The summed E-state index contributed by atoms with van der Waals surface area (Å²) in [7, 11) is 0. The summed E-state index contributed by atoms with van der Waals surface area (Å²) in [6, 6.07) is 14.7. The summed E-state index contributed by atoms with van der Waals surface area (Å²) in [6.07, 6.45) is 5.50. The fourth-order valence-electron chi connectivity index (χ4n) is 3.41. The second-order valence-electron chi connectivity index (χ2n) is 7.03. The molecule has 0 saturated heterocycles. The van der Waals surface area contributed by atoms with Crippen LogP contribution < -0.4 is 5.32 Å². The van der Waals surface area contributed by atoms with E-state index in [-0.39, 0.29) is 5.91 Å². The van der Waals surface area contributed by atoms with Gasteiger partial charge in [0, 0.05) is 23.4 Å². The van der Waals surface area contributed by atoms with E-state index in [2.05, 4.69) is 47.1 Å². The average Bonchev–Trinajstić information content (AvgIpc) is 3.15. The lowest BCUT2D eigenvalue weighted by atomic mass is 9.93. The molecule has 2 aromatic carbocycles. The number of nitrogens with zero attached hydrogens (tertiary/aromatic N) is 2. The van der Waals surface area contributed by atoms with E-state index in [1.165, 1.54) is 12.0 Å². The lowest BCUT2D eigenvalue weighted by Crippen LogP contribution is -2.39. The van der Waals surface area contributed by atoms with Crippen molar-refractivity contribution in [2.45, 2.75) is 32.2 Å². The molecule has 2 aromatic heterocycles. The lowest BCUT2D eigenvalue weighted by Gasteiger charge is -2.26. The predicted molar refractivity (Wildman–Crippen MR) is 106 cm³/mol. The van der Waals surface area contributed by atoms with Crippen molar-refractivity contribution < 1.29 is 4.79 Å². The number of benzene rings is 2. The summed E-state index contributed by atoms with van der Waals surface area (Å²) in [5.74, 6) is 0.0306. The van der Waals surface area contributed by atoms with E-state index in [4.69, 9.17) is 4.98 Å². The SMILES string of the molecule is Cc1cccc(-c2cn3c(n2)sc2cc(C(=O)NC4CCC4)ccc23)c1. The fraction of sp³-hybridized carbons (Fsp3) is 0.238. The number of fused-ring (bicyclic) bond motifs is 3. The van der Waals surface area contributed by atoms with Gasteiger partial charge in [0.1, 0.15) is 0 Å². The minimum Gasteiger partial charge on any atom is -0.349 e. The van der Waals surface area contributed by atoms with Crippen LogP contribution in [0.4, 0.5) is 0 Å². The number of aryl methyl sites for hydroxylation is 1. The molecule has 0 atom stereocenters. The van der Waals surface area contributed by atoms with Gasteiger partial charge in [-0.15, -0.1) is 0 Å². The molecule has 1 aliphatic carbocycles. The number of thiazole rings is 1. The van der Waals surface area contributed by atoms with Crippen molar-refractivity contribution in [1.29, 1.82) is 0 Å². The number of nitrogens with one attached hydrogen (secondary N) is 1. The molecular formula is C21H19N3OS. The smallest absolute Gasteiger partial charge is 0.251 e. The molecule has 0 bridgehead atoms. The minimum atomic E-state index is 0.0306. The normalized spacial score (nSPS) is 14.7. The first kappa shape index (κ1) is 15.6. The molecule has 1 saturated carbocycles. The van der Waals surface area contributed by atoms with Crippen LogP contribution in [0, 0.1) is 6.92 Å². The van der Waals surface area contributed by atoms with Gasteiger partial charge in [-0.25, -0.2) is 4.98 Å². The van der Waals surface area contributed by atoms with Crippen LogP contribution in [0.15, 0.2) is 48.7 Å². The van der Waals surface area contributed by atoms with Gasteiger partial charge in [-0.05, 0) is 50.5 Å². The highest BCUT2D eigenvalue weighted by Gasteiger charge is 2.20. The summed E-state index contributed by atoms with van der Waals surface area (Å²) in [6.45, 7) is 2.09. The molecule has 1 amide bonds. The first-order chi connectivity index (χ1) is 12.7. The first-order valence-electron chi connectivity index (χ1n) is 8.97. The van der Waals surface area contributed by atoms with Crippen molar-refractivity contribution in [1.82, 2.24) is 14.7 Å². The van der Waals surface area contributed by atoms with Gasteiger partial charge in [-0.3, -0.25) is 9.20 Å². The monoisotopic (exact) mass is 361 g/mol. The second-order valence-corrected chi connectivity index (χ2v) is 8.04. The molecule has 5 heteroatoms. The molecule has 2 heterocycles. The maximum atomic E-state index is 12.4. The van der Waals surface area contributed by atoms with Crippen LogP contribution in [0.3, 0.4) is 0 Å². The van der Waals surface area contributed by atoms with Gasteiger partial charge in [0.2, 0.25) is 0 Å². The highest BCUT2D eigenvalue weighted by Crippen LogP contribution is 2.30. The summed E-state index contributed by atoms with van der Waals surface area (Å²) in [5.41, 5.74) is 5.16. The van der Waals surface area contributed by atoms with Crippen LogP contribution in [-0.2, 0) is 0 Å². The third-order valence-corrected chi connectivity index (χ3v) is 6.13. The molecular weight excluding hydrogens is 342 g/mol. The van der Waals surface area contributed by atoms with E-state index in [0.717, 1.165) is 44.8 Å². The largest absolute Gasteiger partial charge is 0.349 e. The van der Waals surface area contributed by atoms with E-state index in [9.17, 15) is 4.79 Å². The average molecular weight is 361 g/mol. The molecule has 130 valence electrons. The zero-order valence-corrected chi connectivity index (χ0v) is 15.3. The molecule has 1 N–H and O–H groups in total. The molecule has 0 unspecified atom stereocenters. The number of hydrogen-bond acceptors (Lipinski definition) is 3. The number of carbonyl (C=O) groups is 1. The zero-order chi connectivity index (χ0) is 17.7. The van der Waals surface area contributed by atoms with Crippen molar-refractivity contribution in [2.24, 2.45) is 0 Å². The standard InChI is InChI=1S/C21H19N3OS/c1-13-4-2-5-14(10-13)17-12-24-18-9-8-15(11-19(18)26-21(24)23-17)20(25)22-16-6-3-7-16/h2,4-5,8-12,16H,3,6-7H2,1H3,(H,22,25). The van der Waals surface area contributed by atoms with Gasteiger partial charge < -0.3 is 5.32 Å². The molecule has 4 nitrogen and oxygen atoms in total. The maximum Gasteiger partial charge on any atom is 0.251 e. The summed E-state index contributed by atoms with van der Waals surface area (Å²) < 4.78 is 3.20. The second kappa shape index (κ2) is 5.95. The summed E-state index contributed by atoms with van der Waals surface area (Å²) in [4.78, 5) is 18.1. The number of aromatic nitrogens is 2. The molecule has 0 aliphatic heterocycles. The molecule has 0 radical (unpaired) electrons. The number of amides is 1. The van der Waals surface area contributed by atoms with E-state index in [0.29, 0.717) is 6.04 Å². The number of hydrogen-bond donors (Lipinski definition) is 1. The van der Waals surface area contributed by atoms with Crippen molar-refractivity contribution in [3.8, 4) is 11.3 Å². The Hall–Kier alpha value is -2.66. The van der Waals surface area contributed by atoms with E-state index < -0.39 is 0 Å². The molecule has 26 heavy (non-hydrogen) atoms. The van der Waals surface area contributed by atoms with Crippen molar-refractivity contribution in [3.05, 3.63) is 59.8 Å². The predicted octanol–water partition coefficient (Wildman–Crippen LogP) is 4.81. The third-order valence-electron chi connectivity index (χ3n) is 5.11. The summed E-state index contributed by atoms with van der Waals surface area (Å²) >= 11 is 1.62. The Kier molecular flexibility index (Phi) is 3.57. The highest BCUT2D eigenvalue weighted by molar-refractivity contribution is 7.23. The van der Waals surface area contributed by atoms with E-state index >= 15 is 0 Å². The molecule has 5 rings (SSSR count). The molecule has 4 aromatic rings. The Bertz CT molecular complexity index is 1140. The van der Waals surface area contributed by atoms with Crippen LogP contribution >= 0.6 is 11.3 Å². The third kappa shape index (κ3) is 2.59. The van der Waals surface area contributed by atoms with Gasteiger partial charge in [0.05, 0.1) is 15.9 Å². The first-order valence-corrected chi connectivity index (χ1v) is 9.78. The Morgan fingerprint density at radius 1 is 1.23 bits per heavy atom. The van der Waals surface area contributed by atoms with Gasteiger partial charge in [0.15, 0.2) is 4.96 Å². The lowest BCUT2D eigenvalue weighted by molar-refractivity contribution is 0.0917. The van der Waals surface area contributed by atoms with Crippen LogP contribution in [0.5, 0.6) is 0 Å². The van der Waals surface area contributed by atoms with Crippen molar-refractivity contribution in [2.75, 3.05) is 0 Å². The molecule has 1 aliphatic rings. The van der Waals surface area contributed by atoms with Gasteiger partial charge in [-0.2, -0.15) is 0 Å². The van der Waals surface area contributed by atoms with Gasteiger partial charge in [-0.1, -0.05) is 35.1 Å². The van der Waals surface area contributed by atoms with Gasteiger partial charge >= 0.3 is 0 Å². The zero-order valence-electron chi connectivity index (χ0n) is 14.5. The fourth-order valence-corrected chi connectivity index (χ4v) is 4.45. The Morgan fingerprint density at radius 2 is 2.12 bits per heavy atom. The maximum absolute atomic E-state index is 12.4. The Labute approximate surface area is 155 Å². The van der Waals surface area contributed by atoms with Gasteiger partial charge in [0.25, 0.3) is 5.91 Å². The van der Waals surface area contributed by atoms with E-state index in [1.807, 2.05) is 18.2 Å². The van der Waals surface area contributed by atoms with E-state index in [1.54, 1.807) is 11.3 Å². The topological polar surface area (TPSA) is 46.4 Å². The Balaban J connectivity index is 1.51. The summed E-state index contributed by atoms with van der Waals surface area (Å²) in [5, 5.41) is 3.10. The van der Waals surface area contributed by atoms with Crippen LogP contribution in [0.2, 0.25) is 0 Å². The van der Waals surface area contributed by atoms with Crippen LogP contribution in [0.25, 0.3) is 26.4 Å². The minimum absolute atomic E-state index is 0.0306. The quantitative estimate of drug-likeness (QED) is 0.569. The van der Waals surface area contributed by atoms with Crippen LogP contribution in [0.1, 0.15) is 35.2 Å². The molecule has 1 fully saturated rings. The Morgan fingerprint density at radius 3 is 2.88 bits per heavy atom. The number of rotatable bonds is 3. The van der Waals surface area contributed by atoms with Crippen molar-refractivity contribution >= 4 is 32.4 Å². The number of imidazole rings is 1. The molecule has 0 spiro atoms. The van der Waals surface area contributed by atoms with Crippen LogP contribution in [-0.4, -0.2) is 21.3 Å². The van der Waals surface area contributed by atoms with Crippen molar-refractivity contribution in [3.63, 3.8) is 0 Å². The highest BCUT2D eigenvalue weighted by atomic mass is 32.1.